The normalized spacial score (nSPS) is 16.3. The van der Waals surface area contributed by atoms with Crippen LogP contribution in [0.2, 0.25) is 0 Å². The third kappa shape index (κ3) is 3.57. The molecule has 2 rings (SSSR count). The van der Waals surface area contributed by atoms with Crippen molar-refractivity contribution in [3.8, 4) is 0 Å². The van der Waals surface area contributed by atoms with E-state index in [0.29, 0.717) is 19.0 Å². The summed E-state index contributed by atoms with van der Waals surface area (Å²) in [4.78, 5) is 14.3. The quantitative estimate of drug-likeness (QED) is 0.904. The van der Waals surface area contributed by atoms with E-state index in [9.17, 15) is 4.79 Å². The van der Waals surface area contributed by atoms with Gasteiger partial charge in [0.15, 0.2) is 0 Å². The molecule has 0 aliphatic heterocycles. The number of carbonyl (C=O) groups is 1. The highest BCUT2D eigenvalue weighted by molar-refractivity contribution is 5.78. The molecule has 104 valence electrons. The molecule has 0 saturated heterocycles. The molecule has 1 saturated carbocycles. The fourth-order valence-electron chi connectivity index (χ4n) is 2.91. The van der Waals surface area contributed by atoms with E-state index >= 15 is 0 Å². The molecule has 1 aliphatic rings. The van der Waals surface area contributed by atoms with Crippen molar-refractivity contribution < 1.29 is 4.79 Å². The first kappa shape index (κ1) is 14.1. The second-order valence-corrected chi connectivity index (χ2v) is 5.50. The molecule has 1 aliphatic carbocycles. The molecule has 3 nitrogen and oxygen atoms in total. The molecule has 1 amide bonds. The number of rotatable bonds is 4. The SMILES string of the molecule is CN(Cc1ccccc1CN)C(=O)C1CCCCC1. The van der Waals surface area contributed by atoms with E-state index in [-0.39, 0.29) is 5.92 Å². The number of nitrogens with two attached hydrogens (primary N) is 1. The highest BCUT2D eigenvalue weighted by atomic mass is 16.2. The van der Waals surface area contributed by atoms with Gasteiger partial charge < -0.3 is 10.6 Å². The Balaban J connectivity index is 1.99. The smallest absolute Gasteiger partial charge is 0.225 e. The number of hydrogen-bond donors (Lipinski definition) is 1. The zero-order valence-corrected chi connectivity index (χ0v) is 11.8. The molecule has 2 N–H and O–H groups in total. The van der Waals surface area contributed by atoms with Crippen LogP contribution in [0, 0.1) is 5.92 Å². The average Bonchev–Trinajstić information content (AvgIpc) is 2.48. The van der Waals surface area contributed by atoms with Gasteiger partial charge in [-0.2, -0.15) is 0 Å². The second kappa shape index (κ2) is 6.71. The Morgan fingerprint density at radius 3 is 2.47 bits per heavy atom. The van der Waals surface area contributed by atoms with Crippen molar-refractivity contribution in [2.24, 2.45) is 11.7 Å². The Kier molecular flexibility index (Phi) is 4.97. The standard InChI is InChI=1S/C16H24N2O/c1-18(16(19)13-7-3-2-4-8-13)12-15-10-6-5-9-14(15)11-17/h5-6,9-10,13H,2-4,7-8,11-12,17H2,1H3. The number of amides is 1. The van der Waals surface area contributed by atoms with Crippen LogP contribution in [-0.2, 0) is 17.9 Å². The summed E-state index contributed by atoms with van der Waals surface area (Å²) in [5.41, 5.74) is 8.04. The maximum absolute atomic E-state index is 12.4. The van der Waals surface area contributed by atoms with Gasteiger partial charge >= 0.3 is 0 Å². The first-order valence-corrected chi connectivity index (χ1v) is 7.24. The Hall–Kier alpha value is -1.35. The first-order chi connectivity index (χ1) is 9.22. The van der Waals surface area contributed by atoms with Gasteiger partial charge in [0, 0.05) is 26.1 Å². The molecule has 3 heteroatoms. The van der Waals surface area contributed by atoms with Crippen LogP contribution >= 0.6 is 0 Å². The van der Waals surface area contributed by atoms with Crippen molar-refractivity contribution >= 4 is 5.91 Å². The van der Waals surface area contributed by atoms with Crippen LogP contribution in [0.25, 0.3) is 0 Å². The summed E-state index contributed by atoms with van der Waals surface area (Å²) in [6.07, 6.45) is 5.79. The number of benzene rings is 1. The maximum Gasteiger partial charge on any atom is 0.225 e. The van der Waals surface area contributed by atoms with E-state index < -0.39 is 0 Å². The minimum absolute atomic E-state index is 0.240. The van der Waals surface area contributed by atoms with Gasteiger partial charge in [0.2, 0.25) is 5.91 Å². The van der Waals surface area contributed by atoms with Gasteiger partial charge in [-0.3, -0.25) is 4.79 Å². The summed E-state index contributed by atoms with van der Waals surface area (Å²) in [6, 6.07) is 8.10. The van der Waals surface area contributed by atoms with Gasteiger partial charge in [-0.25, -0.2) is 0 Å². The van der Waals surface area contributed by atoms with Crippen molar-refractivity contribution in [1.82, 2.24) is 4.90 Å². The van der Waals surface area contributed by atoms with Gasteiger partial charge in [-0.1, -0.05) is 43.5 Å². The van der Waals surface area contributed by atoms with Gasteiger partial charge in [-0.15, -0.1) is 0 Å². The van der Waals surface area contributed by atoms with Gasteiger partial charge in [0.1, 0.15) is 0 Å². The largest absolute Gasteiger partial charge is 0.341 e. The molecule has 0 aromatic heterocycles. The molecule has 0 spiro atoms. The first-order valence-electron chi connectivity index (χ1n) is 7.24. The summed E-state index contributed by atoms with van der Waals surface area (Å²) in [6.45, 7) is 1.20. The topological polar surface area (TPSA) is 46.3 Å². The van der Waals surface area contributed by atoms with E-state index in [1.807, 2.05) is 30.1 Å². The molecule has 0 bridgehead atoms. The van der Waals surface area contributed by atoms with E-state index in [1.54, 1.807) is 0 Å². The molecule has 0 atom stereocenters. The maximum atomic E-state index is 12.4. The number of carbonyl (C=O) groups excluding carboxylic acids is 1. The summed E-state index contributed by atoms with van der Waals surface area (Å²) in [5, 5.41) is 0. The van der Waals surface area contributed by atoms with Crippen LogP contribution in [-0.4, -0.2) is 17.9 Å². The third-order valence-corrected chi connectivity index (χ3v) is 4.08. The molecular weight excluding hydrogens is 236 g/mol. The Morgan fingerprint density at radius 2 is 1.84 bits per heavy atom. The van der Waals surface area contributed by atoms with Gasteiger partial charge in [-0.05, 0) is 24.0 Å². The molecule has 0 heterocycles. The highest BCUT2D eigenvalue weighted by Gasteiger charge is 2.24. The fourth-order valence-corrected chi connectivity index (χ4v) is 2.91. The van der Waals surface area contributed by atoms with Crippen LogP contribution in [0.4, 0.5) is 0 Å². The second-order valence-electron chi connectivity index (χ2n) is 5.50. The molecular formula is C16H24N2O. The van der Waals surface area contributed by atoms with E-state index in [0.717, 1.165) is 24.0 Å². The number of hydrogen-bond acceptors (Lipinski definition) is 2. The molecule has 0 unspecified atom stereocenters. The minimum Gasteiger partial charge on any atom is -0.341 e. The van der Waals surface area contributed by atoms with Gasteiger partial charge in [0.25, 0.3) is 0 Å². The van der Waals surface area contributed by atoms with E-state index in [2.05, 4.69) is 6.07 Å². The molecule has 19 heavy (non-hydrogen) atoms. The number of nitrogens with zero attached hydrogens (tertiary/aromatic N) is 1. The lowest BCUT2D eigenvalue weighted by Gasteiger charge is -2.27. The Bertz CT molecular complexity index is 425. The lowest BCUT2D eigenvalue weighted by Crippen LogP contribution is -2.33. The monoisotopic (exact) mass is 260 g/mol. The fraction of sp³-hybridized carbons (Fsp3) is 0.562. The van der Waals surface area contributed by atoms with Crippen molar-refractivity contribution in [3.63, 3.8) is 0 Å². The van der Waals surface area contributed by atoms with Crippen molar-refractivity contribution in [2.75, 3.05) is 7.05 Å². The summed E-state index contributed by atoms with van der Waals surface area (Å²) in [5.74, 6) is 0.537. The lowest BCUT2D eigenvalue weighted by molar-refractivity contribution is -0.135. The van der Waals surface area contributed by atoms with E-state index in [4.69, 9.17) is 5.73 Å². The van der Waals surface area contributed by atoms with Crippen molar-refractivity contribution in [1.29, 1.82) is 0 Å². The van der Waals surface area contributed by atoms with Crippen LogP contribution in [0.1, 0.15) is 43.2 Å². The zero-order valence-electron chi connectivity index (χ0n) is 11.8. The average molecular weight is 260 g/mol. The molecule has 0 radical (unpaired) electrons. The molecule has 1 fully saturated rings. The molecule has 1 aromatic carbocycles. The predicted molar refractivity (Wildman–Crippen MR) is 77.4 cm³/mol. The summed E-state index contributed by atoms with van der Waals surface area (Å²) < 4.78 is 0. The van der Waals surface area contributed by atoms with Crippen molar-refractivity contribution in [3.05, 3.63) is 35.4 Å². The minimum atomic E-state index is 0.240. The van der Waals surface area contributed by atoms with Crippen LogP contribution < -0.4 is 5.73 Å². The molecule has 1 aromatic rings. The van der Waals surface area contributed by atoms with E-state index in [1.165, 1.54) is 19.3 Å². The Morgan fingerprint density at radius 1 is 1.21 bits per heavy atom. The van der Waals surface area contributed by atoms with Crippen molar-refractivity contribution in [2.45, 2.75) is 45.2 Å². The van der Waals surface area contributed by atoms with Crippen LogP contribution in [0.15, 0.2) is 24.3 Å². The lowest BCUT2D eigenvalue weighted by atomic mass is 9.88. The summed E-state index contributed by atoms with van der Waals surface area (Å²) >= 11 is 0. The zero-order chi connectivity index (χ0) is 13.7. The highest BCUT2D eigenvalue weighted by Crippen LogP contribution is 2.25. The van der Waals surface area contributed by atoms with Crippen LogP contribution in [0.5, 0.6) is 0 Å². The van der Waals surface area contributed by atoms with Gasteiger partial charge in [0.05, 0.1) is 0 Å². The predicted octanol–water partition coefficient (Wildman–Crippen LogP) is 2.68. The van der Waals surface area contributed by atoms with Crippen LogP contribution in [0.3, 0.4) is 0 Å². The third-order valence-electron chi connectivity index (χ3n) is 4.08. The summed E-state index contributed by atoms with van der Waals surface area (Å²) in [7, 11) is 1.91. The Labute approximate surface area is 115 Å².